The van der Waals surface area contributed by atoms with Gasteiger partial charge in [0.25, 0.3) is 0 Å². The summed E-state index contributed by atoms with van der Waals surface area (Å²) in [6.07, 6.45) is 1.85. The number of aromatic nitrogens is 2. The summed E-state index contributed by atoms with van der Waals surface area (Å²) in [5.74, 6) is 0.529. The van der Waals surface area contributed by atoms with Crippen LogP contribution in [0.25, 0.3) is 0 Å². The van der Waals surface area contributed by atoms with Gasteiger partial charge in [-0.3, -0.25) is 10.1 Å². The van der Waals surface area contributed by atoms with E-state index in [-0.39, 0.29) is 23.5 Å². The molecule has 0 radical (unpaired) electrons. The van der Waals surface area contributed by atoms with Crippen LogP contribution in [-0.4, -0.2) is 40.2 Å². The normalized spacial score (nSPS) is 15.9. The molecular formula is C11H17N5O3. The molecule has 8 nitrogen and oxygen atoms in total. The zero-order valence-corrected chi connectivity index (χ0v) is 10.9. The Balaban J connectivity index is 2.26. The van der Waals surface area contributed by atoms with Crippen molar-refractivity contribution in [1.82, 2.24) is 9.97 Å². The van der Waals surface area contributed by atoms with Crippen molar-refractivity contribution < 1.29 is 10.0 Å². The molecule has 3 N–H and O–H groups in total. The number of aryl methyl sites for hydroxylation is 1. The number of hydrogen-bond donors (Lipinski definition) is 3. The van der Waals surface area contributed by atoms with E-state index in [2.05, 4.69) is 20.6 Å². The van der Waals surface area contributed by atoms with E-state index >= 15 is 0 Å². The molecule has 104 valence electrons. The maximum Gasteiger partial charge on any atom is 0.332 e. The van der Waals surface area contributed by atoms with E-state index in [1.54, 1.807) is 14.0 Å². The molecule has 1 heterocycles. The second-order valence-corrected chi connectivity index (χ2v) is 4.85. The van der Waals surface area contributed by atoms with Crippen molar-refractivity contribution in [3.05, 3.63) is 15.8 Å². The topological polar surface area (TPSA) is 113 Å². The Hall–Kier alpha value is -1.96. The van der Waals surface area contributed by atoms with Crippen molar-refractivity contribution in [3.63, 3.8) is 0 Å². The minimum absolute atomic E-state index is 0.0801. The number of hydrogen-bond acceptors (Lipinski definition) is 7. The average Bonchev–Trinajstić information content (AvgIpc) is 3.15. The molecule has 0 unspecified atom stereocenters. The fourth-order valence-electron chi connectivity index (χ4n) is 1.86. The molecule has 0 bridgehead atoms. The first kappa shape index (κ1) is 13.5. The number of anilines is 2. The van der Waals surface area contributed by atoms with Gasteiger partial charge in [0.2, 0.25) is 11.8 Å². The maximum atomic E-state index is 11.1. The summed E-state index contributed by atoms with van der Waals surface area (Å²) in [6.45, 7) is 2.13. The molecule has 1 aliphatic rings. The van der Waals surface area contributed by atoms with Crippen LogP contribution in [0.15, 0.2) is 0 Å². The number of nitrogens with zero attached hydrogens (tertiary/aromatic N) is 3. The van der Waals surface area contributed by atoms with Crippen molar-refractivity contribution in [2.75, 3.05) is 30.8 Å². The van der Waals surface area contributed by atoms with Gasteiger partial charge in [-0.25, -0.2) is 4.98 Å². The summed E-state index contributed by atoms with van der Waals surface area (Å²) < 4.78 is 0. The smallest absolute Gasteiger partial charge is 0.332 e. The van der Waals surface area contributed by atoms with Gasteiger partial charge >= 0.3 is 5.69 Å². The minimum Gasteiger partial charge on any atom is -0.396 e. The third-order valence-corrected chi connectivity index (χ3v) is 3.39. The lowest BCUT2D eigenvalue weighted by atomic mass is 10.1. The average molecular weight is 267 g/mol. The Morgan fingerprint density at radius 2 is 2.16 bits per heavy atom. The van der Waals surface area contributed by atoms with Crippen LogP contribution < -0.4 is 10.6 Å². The number of aliphatic hydroxyl groups excluding tert-OH is 1. The molecule has 0 aliphatic heterocycles. The van der Waals surface area contributed by atoms with E-state index < -0.39 is 4.92 Å². The molecule has 2 rings (SSSR count). The molecule has 0 saturated heterocycles. The fourth-order valence-corrected chi connectivity index (χ4v) is 1.86. The van der Waals surface area contributed by atoms with Gasteiger partial charge in [0.15, 0.2) is 0 Å². The highest BCUT2D eigenvalue weighted by Gasteiger charge is 2.42. The molecule has 0 spiro atoms. The molecule has 8 heteroatoms. The van der Waals surface area contributed by atoms with Gasteiger partial charge in [-0.05, 0) is 19.8 Å². The minimum atomic E-state index is -0.490. The van der Waals surface area contributed by atoms with Gasteiger partial charge in [0.1, 0.15) is 5.69 Å². The van der Waals surface area contributed by atoms with E-state index in [1.807, 2.05) is 0 Å². The molecule has 1 saturated carbocycles. The molecule has 0 atom stereocenters. The third kappa shape index (κ3) is 2.73. The van der Waals surface area contributed by atoms with Gasteiger partial charge in [0.05, 0.1) is 11.5 Å². The lowest BCUT2D eigenvalue weighted by Crippen LogP contribution is -2.21. The number of nitrogens with one attached hydrogen (secondary N) is 2. The fraction of sp³-hybridized carbons (Fsp3) is 0.636. The lowest BCUT2D eigenvalue weighted by Gasteiger charge is -2.14. The van der Waals surface area contributed by atoms with Crippen LogP contribution in [0.1, 0.15) is 18.5 Å². The zero-order valence-electron chi connectivity index (χ0n) is 10.9. The maximum absolute atomic E-state index is 11.1. The van der Waals surface area contributed by atoms with Crippen LogP contribution in [-0.2, 0) is 0 Å². The van der Waals surface area contributed by atoms with Gasteiger partial charge < -0.3 is 15.7 Å². The molecule has 1 aliphatic carbocycles. The van der Waals surface area contributed by atoms with Crippen LogP contribution >= 0.6 is 0 Å². The molecule has 1 aromatic heterocycles. The first-order valence-corrected chi connectivity index (χ1v) is 6.07. The van der Waals surface area contributed by atoms with Crippen molar-refractivity contribution >= 4 is 17.5 Å². The third-order valence-electron chi connectivity index (χ3n) is 3.39. The number of aliphatic hydroxyl groups is 1. The summed E-state index contributed by atoms with van der Waals surface area (Å²) in [6, 6.07) is 0. The van der Waals surface area contributed by atoms with E-state index in [0.717, 1.165) is 12.8 Å². The van der Waals surface area contributed by atoms with Crippen molar-refractivity contribution in [1.29, 1.82) is 0 Å². The van der Waals surface area contributed by atoms with Gasteiger partial charge in [-0.1, -0.05) is 0 Å². The lowest BCUT2D eigenvalue weighted by molar-refractivity contribution is -0.385. The first-order valence-electron chi connectivity index (χ1n) is 6.07. The Morgan fingerprint density at radius 1 is 1.47 bits per heavy atom. The Bertz CT molecular complexity index is 501. The highest BCUT2D eigenvalue weighted by atomic mass is 16.6. The standard InChI is InChI=1S/C11H17N5O3/c1-7-8(16(18)19)9(15-10(12-2)14-7)13-5-11(6-17)3-4-11/h17H,3-6H2,1-2H3,(H2,12,13,14,15). The van der Waals surface area contributed by atoms with Gasteiger partial charge in [-0.2, -0.15) is 4.98 Å². The van der Waals surface area contributed by atoms with E-state index in [9.17, 15) is 15.2 Å². The van der Waals surface area contributed by atoms with Crippen LogP contribution in [0.2, 0.25) is 0 Å². The second-order valence-electron chi connectivity index (χ2n) is 4.85. The first-order chi connectivity index (χ1) is 9.01. The van der Waals surface area contributed by atoms with E-state index in [4.69, 9.17) is 0 Å². The summed E-state index contributed by atoms with van der Waals surface area (Å²) in [4.78, 5) is 18.7. The number of nitro groups is 1. The van der Waals surface area contributed by atoms with Crippen molar-refractivity contribution in [2.24, 2.45) is 5.41 Å². The van der Waals surface area contributed by atoms with Crippen LogP contribution in [0.3, 0.4) is 0 Å². The van der Waals surface area contributed by atoms with Crippen LogP contribution in [0, 0.1) is 22.5 Å². The van der Waals surface area contributed by atoms with E-state index in [1.165, 1.54) is 0 Å². The predicted molar refractivity (Wildman–Crippen MR) is 70.2 cm³/mol. The Labute approximate surface area is 110 Å². The van der Waals surface area contributed by atoms with Gasteiger partial charge in [0, 0.05) is 19.0 Å². The molecule has 0 aromatic carbocycles. The predicted octanol–water partition coefficient (Wildman–Crippen LogP) is 0.919. The monoisotopic (exact) mass is 267 g/mol. The highest BCUT2D eigenvalue weighted by molar-refractivity contribution is 5.60. The molecule has 19 heavy (non-hydrogen) atoms. The summed E-state index contributed by atoms with van der Waals surface area (Å²) in [5, 5.41) is 26.1. The summed E-state index contributed by atoms with van der Waals surface area (Å²) in [7, 11) is 1.65. The molecular weight excluding hydrogens is 250 g/mol. The quantitative estimate of drug-likeness (QED) is 0.518. The van der Waals surface area contributed by atoms with E-state index in [0.29, 0.717) is 18.2 Å². The Kier molecular flexibility index (Phi) is 3.52. The number of rotatable bonds is 6. The largest absolute Gasteiger partial charge is 0.396 e. The second kappa shape index (κ2) is 4.96. The molecule has 0 amide bonds. The van der Waals surface area contributed by atoms with Crippen molar-refractivity contribution in [2.45, 2.75) is 19.8 Å². The SMILES string of the molecule is CNc1nc(C)c([N+](=O)[O-])c(NCC2(CO)CC2)n1. The Morgan fingerprint density at radius 3 is 2.63 bits per heavy atom. The van der Waals surface area contributed by atoms with Crippen molar-refractivity contribution in [3.8, 4) is 0 Å². The summed E-state index contributed by atoms with van der Waals surface area (Å²) >= 11 is 0. The van der Waals surface area contributed by atoms with Gasteiger partial charge in [-0.15, -0.1) is 0 Å². The molecule has 1 aromatic rings. The van der Waals surface area contributed by atoms with Crippen LogP contribution in [0.4, 0.5) is 17.5 Å². The molecule has 1 fully saturated rings. The summed E-state index contributed by atoms with van der Waals surface area (Å²) in [5.41, 5.74) is 0.0421. The van der Waals surface area contributed by atoms with Crippen LogP contribution in [0.5, 0.6) is 0 Å². The zero-order chi connectivity index (χ0) is 14.0. The highest BCUT2D eigenvalue weighted by Crippen LogP contribution is 2.45.